The van der Waals surface area contributed by atoms with Crippen molar-refractivity contribution in [2.24, 2.45) is 0 Å². The number of rotatable bonds is 11. The van der Waals surface area contributed by atoms with Gasteiger partial charge < -0.3 is 43.8 Å². The Labute approximate surface area is 293 Å². The third-order valence-corrected chi connectivity index (χ3v) is 8.98. The number of para-hydroxylation sites is 1. The smallest absolute Gasteiger partial charge is 0.349 e. The van der Waals surface area contributed by atoms with E-state index in [1.165, 1.54) is 30.2 Å². The Bertz CT molecular complexity index is 2010. The Hall–Kier alpha value is -4.93. The first kappa shape index (κ1) is 34.0. The maximum absolute atomic E-state index is 14.5. The van der Waals surface area contributed by atoms with Crippen molar-refractivity contribution < 1.29 is 48.0 Å². The number of carbonyl (C=O) groups excluding carboxylic acids is 3. The number of aliphatic hydroxyl groups is 2. The third-order valence-electron chi connectivity index (χ3n) is 8.18. The Balaban J connectivity index is 1.44. The molecule has 1 aromatic heterocycles. The molecule has 2 heterocycles. The number of hydrogen-bond donors (Lipinski definition) is 3. The first-order valence-electron chi connectivity index (χ1n) is 15.2. The van der Waals surface area contributed by atoms with Gasteiger partial charge in [0.15, 0.2) is 23.0 Å². The number of benzene rings is 3. The number of aldehydes is 1. The van der Waals surface area contributed by atoms with Crippen LogP contribution in [0.1, 0.15) is 32.7 Å². The van der Waals surface area contributed by atoms with Gasteiger partial charge in [0, 0.05) is 36.0 Å². The van der Waals surface area contributed by atoms with Gasteiger partial charge in [0.25, 0.3) is 5.91 Å². The lowest BCUT2D eigenvalue weighted by Crippen LogP contribution is -2.55. The summed E-state index contributed by atoms with van der Waals surface area (Å²) < 4.78 is 28.7. The number of amides is 2. The summed E-state index contributed by atoms with van der Waals surface area (Å²) in [5.74, 6) is 0.110. The average Bonchev–Trinajstić information content (AvgIpc) is 3.58. The van der Waals surface area contributed by atoms with Crippen molar-refractivity contribution in [3.8, 4) is 23.0 Å². The Morgan fingerprint density at radius 1 is 1.10 bits per heavy atom. The summed E-state index contributed by atoms with van der Waals surface area (Å²) in [6, 6.07) is 15.2. The van der Waals surface area contributed by atoms with E-state index in [1.807, 2.05) is 22.6 Å². The first-order valence-corrected chi connectivity index (χ1v) is 16.3. The maximum atomic E-state index is 14.5. The summed E-state index contributed by atoms with van der Waals surface area (Å²) in [6.07, 6.45) is -0.674. The summed E-state index contributed by atoms with van der Waals surface area (Å²) in [5, 5.41) is 24.5. The summed E-state index contributed by atoms with van der Waals surface area (Å²) >= 11 is 1.97. The number of methoxy groups -OCH3 is 1. The van der Waals surface area contributed by atoms with Gasteiger partial charge in [-0.1, -0.05) is 24.3 Å². The second-order valence-corrected chi connectivity index (χ2v) is 12.4. The van der Waals surface area contributed by atoms with Gasteiger partial charge in [-0.15, -0.1) is 0 Å². The van der Waals surface area contributed by atoms with Crippen LogP contribution in [0.4, 0.5) is 0 Å². The molecule has 0 spiro atoms. The minimum absolute atomic E-state index is 0.0348. The summed E-state index contributed by atoms with van der Waals surface area (Å²) in [6.45, 7) is -0.425. The molecule has 1 aliphatic carbocycles. The number of nitrogens with zero attached hydrogens (tertiary/aromatic N) is 1. The van der Waals surface area contributed by atoms with E-state index in [-0.39, 0.29) is 55.5 Å². The molecule has 0 saturated heterocycles. The van der Waals surface area contributed by atoms with Crippen LogP contribution < -0.4 is 29.9 Å². The van der Waals surface area contributed by atoms with Crippen LogP contribution in [-0.2, 0) is 11.3 Å². The first-order chi connectivity index (χ1) is 23.7. The lowest BCUT2D eigenvalue weighted by Gasteiger charge is -2.40. The van der Waals surface area contributed by atoms with Gasteiger partial charge in [-0.2, -0.15) is 0 Å². The van der Waals surface area contributed by atoms with E-state index in [2.05, 4.69) is 5.32 Å². The molecule has 14 heteroatoms. The van der Waals surface area contributed by atoms with Crippen LogP contribution in [0, 0.1) is 3.57 Å². The molecule has 49 heavy (non-hydrogen) atoms. The van der Waals surface area contributed by atoms with Gasteiger partial charge in [-0.3, -0.25) is 14.4 Å². The highest BCUT2D eigenvalue weighted by Gasteiger charge is 2.42. The summed E-state index contributed by atoms with van der Waals surface area (Å²) in [7, 11) is 1.40. The fraction of sp³-hybridized carbons (Fsp3) is 0.257. The number of ether oxygens (including phenoxy) is 4. The van der Waals surface area contributed by atoms with Crippen molar-refractivity contribution in [3.63, 3.8) is 0 Å². The van der Waals surface area contributed by atoms with Crippen LogP contribution in [0.3, 0.4) is 0 Å². The topological polar surface area (TPSA) is 174 Å². The molecule has 1 aliphatic heterocycles. The zero-order chi connectivity index (χ0) is 34.7. The van der Waals surface area contributed by atoms with E-state index < -0.39 is 35.7 Å². The SMILES string of the molecule is COc1cc(C=O)cc(I)c1O[C@H]1C=C(C(=O)NCCO)C[C@@H](N(Cc2ccc3c(c2)OCO3)C(=O)c2cc3ccccc3oc2=O)[C@@H]1O. The van der Waals surface area contributed by atoms with Crippen LogP contribution in [0.15, 0.2) is 81.5 Å². The van der Waals surface area contributed by atoms with Crippen molar-refractivity contribution in [1.82, 2.24) is 10.2 Å². The summed E-state index contributed by atoms with van der Waals surface area (Å²) in [5.41, 5.74) is 0.252. The third kappa shape index (κ3) is 7.11. The highest BCUT2D eigenvalue weighted by Crippen LogP contribution is 2.38. The number of fused-ring (bicyclic) bond motifs is 2. The molecule has 6 rings (SSSR count). The lowest BCUT2D eigenvalue weighted by atomic mass is 9.87. The number of aliphatic hydroxyl groups excluding tert-OH is 2. The molecular weight excluding hydrogens is 751 g/mol. The lowest BCUT2D eigenvalue weighted by molar-refractivity contribution is -0.118. The second-order valence-electron chi connectivity index (χ2n) is 11.3. The molecule has 2 amide bonds. The predicted octanol–water partition coefficient (Wildman–Crippen LogP) is 3.21. The van der Waals surface area contributed by atoms with Gasteiger partial charge in [-0.25, -0.2) is 4.79 Å². The van der Waals surface area contributed by atoms with Crippen molar-refractivity contribution in [2.75, 3.05) is 27.1 Å². The van der Waals surface area contributed by atoms with E-state index in [1.54, 1.807) is 48.5 Å². The molecule has 3 aromatic carbocycles. The van der Waals surface area contributed by atoms with Gasteiger partial charge in [0.05, 0.1) is 23.3 Å². The standard InChI is InChI=1S/C35H31IN2O11/c1-45-30-12-20(17-40)10-24(36)32(30)48-29-15-22(33(42)37-8-9-39)14-25(31(29)41)38(16-19-6-7-27-28(11-19)47-18-46-27)34(43)23-13-21-4-2-3-5-26(21)49-35(23)44/h2-7,10-13,15,17,25,29,31,39,41H,8-9,14,16,18H2,1H3,(H,37,42)/t25-,29+,31+/m1/s1. The molecule has 0 fully saturated rings. The Morgan fingerprint density at radius 3 is 2.67 bits per heavy atom. The van der Waals surface area contributed by atoms with Crippen LogP contribution in [0.5, 0.6) is 23.0 Å². The molecular formula is C35H31IN2O11. The van der Waals surface area contributed by atoms with E-state index >= 15 is 0 Å². The van der Waals surface area contributed by atoms with E-state index in [0.717, 1.165) is 0 Å². The number of nitrogens with one attached hydrogen (secondary N) is 1. The van der Waals surface area contributed by atoms with Crippen molar-refractivity contribution >= 4 is 51.7 Å². The molecule has 0 radical (unpaired) electrons. The van der Waals surface area contributed by atoms with Crippen LogP contribution >= 0.6 is 22.6 Å². The molecule has 13 nitrogen and oxygen atoms in total. The molecule has 0 bridgehead atoms. The normalized spacial score (nSPS) is 18.0. The van der Waals surface area contributed by atoms with Crippen molar-refractivity contribution in [1.29, 1.82) is 0 Å². The minimum atomic E-state index is -1.44. The predicted molar refractivity (Wildman–Crippen MR) is 183 cm³/mol. The molecule has 3 atom stereocenters. The van der Waals surface area contributed by atoms with Crippen LogP contribution in [0.2, 0.25) is 0 Å². The Kier molecular flexibility index (Phi) is 10.2. The van der Waals surface area contributed by atoms with Crippen LogP contribution in [0.25, 0.3) is 11.0 Å². The molecule has 254 valence electrons. The van der Waals surface area contributed by atoms with E-state index in [0.29, 0.717) is 43.5 Å². The molecule has 4 aromatic rings. The molecule has 3 N–H and O–H groups in total. The van der Waals surface area contributed by atoms with Gasteiger partial charge in [0.1, 0.15) is 29.6 Å². The van der Waals surface area contributed by atoms with Crippen molar-refractivity contribution in [3.05, 3.63) is 103 Å². The minimum Gasteiger partial charge on any atom is -0.493 e. The van der Waals surface area contributed by atoms with E-state index in [9.17, 15) is 29.4 Å². The average molecular weight is 783 g/mol. The van der Waals surface area contributed by atoms with Crippen molar-refractivity contribution in [2.45, 2.75) is 31.2 Å². The quantitative estimate of drug-likeness (QED) is 0.116. The largest absolute Gasteiger partial charge is 0.493 e. The zero-order valence-electron chi connectivity index (χ0n) is 26.1. The molecule has 0 saturated carbocycles. The number of halogens is 1. The van der Waals surface area contributed by atoms with Gasteiger partial charge >= 0.3 is 5.63 Å². The fourth-order valence-corrected chi connectivity index (χ4v) is 6.53. The monoisotopic (exact) mass is 782 g/mol. The molecule has 0 unspecified atom stereocenters. The fourth-order valence-electron chi connectivity index (χ4n) is 5.78. The molecule has 2 aliphatic rings. The zero-order valence-corrected chi connectivity index (χ0v) is 28.2. The maximum Gasteiger partial charge on any atom is 0.349 e. The Morgan fingerprint density at radius 2 is 1.90 bits per heavy atom. The van der Waals surface area contributed by atoms with Gasteiger partial charge in [0.2, 0.25) is 12.7 Å². The summed E-state index contributed by atoms with van der Waals surface area (Å²) in [4.78, 5) is 53.9. The highest BCUT2D eigenvalue weighted by molar-refractivity contribution is 14.1. The van der Waals surface area contributed by atoms with Crippen LogP contribution in [-0.4, -0.2) is 78.5 Å². The van der Waals surface area contributed by atoms with E-state index in [4.69, 9.17) is 23.4 Å². The number of carbonyl (C=O) groups is 3. The second kappa shape index (κ2) is 14.7. The number of hydrogen-bond acceptors (Lipinski definition) is 11. The highest BCUT2D eigenvalue weighted by atomic mass is 127. The van der Waals surface area contributed by atoms with Gasteiger partial charge in [-0.05, 0) is 70.6 Å².